The lowest BCUT2D eigenvalue weighted by Crippen LogP contribution is -1.78. The van der Waals surface area contributed by atoms with Crippen molar-refractivity contribution in [2.45, 2.75) is 6.61 Å². The Morgan fingerprint density at radius 3 is 2.62 bits per heavy atom. The Kier molecular flexibility index (Phi) is 1.93. The van der Waals surface area contributed by atoms with Gasteiger partial charge in [-0.25, -0.2) is 0 Å². The summed E-state index contributed by atoms with van der Waals surface area (Å²) in [4.78, 5) is 0. The molecule has 8 heavy (non-hydrogen) atoms. The molecule has 1 heterocycles. The van der Waals surface area contributed by atoms with Crippen molar-refractivity contribution >= 4 is 27.3 Å². The SMILES string of the molecule is OCc1nnc(Br)s1. The van der Waals surface area contributed by atoms with Crippen molar-refractivity contribution in [2.75, 3.05) is 0 Å². The molecular weight excluding hydrogens is 192 g/mol. The summed E-state index contributed by atoms with van der Waals surface area (Å²) in [6.07, 6.45) is 0. The standard InChI is InChI=1S/C3H3BrN2OS/c4-3-6-5-2(1-7)8-3/h7H,1H2. The molecule has 0 aliphatic heterocycles. The van der Waals surface area contributed by atoms with Crippen LogP contribution in [0.2, 0.25) is 0 Å². The van der Waals surface area contributed by atoms with Gasteiger partial charge in [0.2, 0.25) is 0 Å². The fraction of sp³-hybridized carbons (Fsp3) is 0.333. The Morgan fingerprint density at radius 2 is 2.38 bits per heavy atom. The largest absolute Gasteiger partial charge is 0.389 e. The Hall–Kier alpha value is -0.0000000000000000833. The van der Waals surface area contributed by atoms with Crippen LogP contribution in [0.1, 0.15) is 5.01 Å². The first-order chi connectivity index (χ1) is 3.83. The van der Waals surface area contributed by atoms with Crippen molar-refractivity contribution in [3.8, 4) is 0 Å². The van der Waals surface area contributed by atoms with Crippen LogP contribution in [-0.4, -0.2) is 15.3 Å². The highest BCUT2D eigenvalue weighted by Gasteiger charge is 1.96. The van der Waals surface area contributed by atoms with Gasteiger partial charge >= 0.3 is 0 Å². The number of halogens is 1. The molecule has 0 saturated carbocycles. The zero-order chi connectivity index (χ0) is 5.98. The molecule has 0 bridgehead atoms. The fourth-order valence-electron chi connectivity index (χ4n) is 0.297. The Bertz CT molecular complexity index is 178. The van der Waals surface area contributed by atoms with E-state index in [-0.39, 0.29) is 6.61 Å². The maximum atomic E-state index is 8.44. The van der Waals surface area contributed by atoms with Crippen molar-refractivity contribution in [2.24, 2.45) is 0 Å². The monoisotopic (exact) mass is 194 g/mol. The van der Waals surface area contributed by atoms with Gasteiger partial charge in [-0.05, 0) is 15.9 Å². The summed E-state index contributed by atoms with van der Waals surface area (Å²) in [5, 5.41) is 16.3. The molecular formula is C3H3BrN2OS. The van der Waals surface area contributed by atoms with Gasteiger partial charge in [0.05, 0.1) is 6.61 Å². The molecule has 1 aromatic heterocycles. The number of nitrogens with zero attached hydrogens (tertiary/aromatic N) is 2. The number of hydrogen-bond acceptors (Lipinski definition) is 4. The van der Waals surface area contributed by atoms with Crippen LogP contribution in [-0.2, 0) is 6.61 Å². The summed E-state index contributed by atoms with van der Waals surface area (Å²) in [6.45, 7) is -0.0245. The quantitative estimate of drug-likeness (QED) is 0.720. The summed E-state index contributed by atoms with van der Waals surface area (Å²) in [6, 6.07) is 0. The van der Waals surface area contributed by atoms with E-state index in [1.807, 2.05) is 0 Å². The van der Waals surface area contributed by atoms with Gasteiger partial charge in [-0.1, -0.05) is 11.3 Å². The van der Waals surface area contributed by atoms with Crippen molar-refractivity contribution in [3.63, 3.8) is 0 Å². The minimum Gasteiger partial charge on any atom is -0.389 e. The van der Waals surface area contributed by atoms with Crippen LogP contribution in [0.25, 0.3) is 0 Å². The summed E-state index contributed by atoms with van der Waals surface area (Å²) < 4.78 is 0.710. The second-order valence-corrected chi connectivity index (χ2v) is 3.44. The Morgan fingerprint density at radius 1 is 1.62 bits per heavy atom. The van der Waals surface area contributed by atoms with Crippen LogP contribution >= 0.6 is 27.3 Å². The first-order valence-electron chi connectivity index (χ1n) is 1.91. The molecule has 1 N–H and O–H groups in total. The van der Waals surface area contributed by atoms with Gasteiger partial charge in [0.25, 0.3) is 0 Å². The molecule has 44 valence electrons. The minimum absolute atomic E-state index is 0.0245. The van der Waals surface area contributed by atoms with Crippen LogP contribution in [0.15, 0.2) is 3.92 Å². The third-order valence-electron chi connectivity index (χ3n) is 0.577. The van der Waals surface area contributed by atoms with Crippen molar-refractivity contribution in [1.82, 2.24) is 10.2 Å². The van der Waals surface area contributed by atoms with E-state index in [2.05, 4.69) is 26.1 Å². The minimum atomic E-state index is -0.0245. The summed E-state index contributed by atoms with van der Waals surface area (Å²) in [5.41, 5.74) is 0. The molecule has 0 spiro atoms. The topological polar surface area (TPSA) is 46.0 Å². The van der Waals surface area contributed by atoms with Gasteiger partial charge < -0.3 is 5.11 Å². The van der Waals surface area contributed by atoms with E-state index < -0.39 is 0 Å². The van der Waals surface area contributed by atoms with Gasteiger partial charge in [0, 0.05) is 0 Å². The summed E-state index contributed by atoms with van der Waals surface area (Å²) >= 11 is 4.44. The van der Waals surface area contributed by atoms with Gasteiger partial charge in [0.1, 0.15) is 5.01 Å². The predicted octanol–water partition coefficient (Wildman–Crippen LogP) is 0.793. The summed E-state index contributed by atoms with van der Waals surface area (Å²) in [7, 11) is 0. The summed E-state index contributed by atoms with van der Waals surface area (Å²) in [5.74, 6) is 0. The number of hydrogen-bond donors (Lipinski definition) is 1. The lowest BCUT2D eigenvalue weighted by atomic mass is 10.8. The van der Waals surface area contributed by atoms with Crippen molar-refractivity contribution in [1.29, 1.82) is 0 Å². The molecule has 0 radical (unpaired) electrons. The first-order valence-corrected chi connectivity index (χ1v) is 3.52. The highest BCUT2D eigenvalue weighted by molar-refractivity contribution is 9.11. The Labute approximate surface area is 58.5 Å². The van der Waals surface area contributed by atoms with E-state index in [0.717, 1.165) is 0 Å². The van der Waals surface area contributed by atoms with Gasteiger partial charge in [-0.3, -0.25) is 0 Å². The first kappa shape index (κ1) is 6.12. The highest BCUT2D eigenvalue weighted by atomic mass is 79.9. The molecule has 0 fully saturated rings. The molecule has 0 aromatic carbocycles. The van der Waals surface area contributed by atoms with E-state index in [1.54, 1.807) is 0 Å². The smallest absolute Gasteiger partial charge is 0.183 e. The average Bonchev–Trinajstić information content (AvgIpc) is 2.14. The second kappa shape index (κ2) is 2.52. The zero-order valence-corrected chi connectivity index (χ0v) is 6.24. The van der Waals surface area contributed by atoms with E-state index in [1.165, 1.54) is 11.3 Å². The number of aliphatic hydroxyl groups excluding tert-OH is 1. The maximum absolute atomic E-state index is 8.44. The molecule has 0 unspecified atom stereocenters. The molecule has 0 amide bonds. The molecule has 1 rings (SSSR count). The van der Waals surface area contributed by atoms with Crippen LogP contribution in [0, 0.1) is 0 Å². The van der Waals surface area contributed by atoms with E-state index in [0.29, 0.717) is 8.92 Å². The number of aromatic nitrogens is 2. The molecule has 0 aliphatic carbocycles. The third kappa shape index (κ3) is 1.24. The molecule has 5 heteroatoms. The van der Waals surface area contributed by atoms with Crippen LogP contribution in [0.5, 0.6) is 0 Å². The lowest BCUT2D eigenvalue weighted by Gasteiger charge is -1.75. The fourth-order valence-corrected chi connectivity index (χ4v) is 1.36. The molecule has 0 aliphatic rings. The van der Waals surface area contributed by atoms with Gasteiger partial charge in [-0.2, -0.15) is 0 Å². The van der Waals surface area contributed by atoms with E-state index in [9.17, 15) is 0 Å². The predicted molar refractivity (Wildman–Crippen MR) is 33.5 cm³/mol. The van der Waals surface area contributed by atoms with Gasteiger partial charge in [0.15, 0.2) is 3.92 Å². The van der Waals surface area contributed by atoms with E-state index >= 15 is 0 Å². The molecule has 0 atom stereocenters. The normalized spacial score (nSPS) is 9.75. The maximum Gasteiger partial charge on any atom is 0.183 e. The lowest BCUT2D eigenvalue weighted by molar-refractivity contribution is 0.280. The van der Waals surface area contributed by atoms with E-state index in [4.69, 9.17) is 5.11 Å². The molecule has 3 nitrogen and oxygen atoms in total. The zero-order valence-electron chi connectivity index (χ0n) is 3.83. The van der Waals surface area contributed by atoms with Gasteiger partial charge in [-0.15, -0.1) is 10.2 Å². The van der Waals surface area contributed by atoms with Crippen LogP contribution in [0.3, 0.4) is 0 Å². The molecule has 0 saturated heterocycles. The average molecular weight is 195 g/mol. The number of rotatable bonds is 1. The van der Waals surface area contributed by atoms with Crippen LogP contribution < -0.4 is 0 Å². The second-order valence-electron chi connectivity index (χ2n) is 1.11. The Balaban J connectivity index is 2.84. The van der Waals surface area contributed by atoms with Crippen molar-refractivity contribution in [3.05, 3.63) is 8.92 Å². The number of aliphatic hydroxyl groups is 1. The van der Waals surface area contributed by atoms with Crippen molar-refractivity contribution < 1.29 is 5.11 Å². The third-order valence-corrected chi connectivity index (χ3v) is 1.92. The van der Waals surface area contributed by atoms with Crippen LogP contribution in [0.4, 0.5) is 0 Å². The highest BCUT2D eigenvalue weighted by Crippen LogP contribution is 2.14. The molecule has 1 aromatic rings.